The first kappa shape index (κ1) is 14.7. The van der Waals surface area contributed by atoms with E-state index in [4.69, 9.17) is 9.52 Å². The van der Waals surface area contributed by atoms with Crippen molar-refractivity contribution in [1.82, 2.24) is 10.3 Å². The van der Waals surface area contributed by atoms with Crippen LogP contribution in [0.15, 0.2) is 10.7 Å². The average Bonchev–Trinajstić information content (AvgIpc) is 2.69. The molecule has 0 unspecified atom stereocenters. The number of oxazole rings is 1. The molecule has 0 fully saturated rings. The molecule has 0 spiro atoms. The number of carboxylic acids is 1. The Balaban J connectivity index is 2.21. The Morgan fingerprint density at radius 3 is 2.58 bits per heavy atom. The van der Waals surface area contributed by atoms with Crippen molar-refractivity contribution < 1.29 is 23.9 Å². The summed E-state index contributed by atoms with van der Waals surface area (Å²) in [5.41, 5.74) is 0.607. The molecule has 0 atom stereocenters. The van der Waals surface area contributed by atoms with Crippen LogP contribution in [-0.2, 0) is 9.59 Å². The van der Waals surface area contributed by atoms with Gasteiger partial charge < -0.3 is 9.52 Å². The van der Waals surface area contributed by atoms with Crippen molar-refractivity contribution in [3.63, 3.8) is 0 Å². The third kappa shape index (κ3) is 6.20. The average molecular weight is 269 g/mol. The first-order chi connectivity index (χ1) is 8.97. The molecule has 1 heterocycles. The molecule has 0 radical (unpaired) electrons. The second-order valence-corrected chi connectivity index (χ2v) is 3.90. The summed E-state index contributed by atoms with van der Waals surface area (Å²) in [5, 5.41) is 12.8. The van der Waals surface area contributed by atoms with Crippen LogP contribution in [0.2, 0.25) is 0 Å². The van der Waals surface area contributed by atoms with Gasteiger partial charge in [0, 0.05) is 12.8 Å². The van der Waals surface area contributed by atoms with Crippen molar-refractivity contribution in [2.45, 2.75) is 32.6 Å². The number of carboxylic acid groups (broad SMARTS) is 1. The van der Waals surface area contributed by atoms with Gasteiger partial charge in [-0.1, -0.05) is 0 Å². The summed E-state index contributed by atoms with van der Waals surface area (Å²) in [6, 6.07) is -0.723. The molecule has 0 bridgehead atoms. The van der Waals surface area contributed by atoms with Crippen LogP contribution in [0.1, 0.15) is 31.4 Å². The van der Waals surface area contributed by atoms with Crippen LogP contribution in [0, 0.1) is 6.92 Å². The van der Waals surface area contributed by atoms with E-state index < -0.39 is 17.9 Å². The highest BCUT2D eigenvalue weighted by Crippen LogP contribution is 2.05. The van der Waals surface area contributed by atoms with Gasteiger partial charge in [0.1, 0.15) is 6.26 Å². The summed E-state index contributed by atoms with van der Waals surface area (Å²) in [6.45, 7) is 1.69. The number of carbonyl (C=O) groups is 3. The normalized spacial score (nSPS) is 9.95. The molecular weight excluding hydrogens is 254 g/mol. The van der Waals surface area contributed by atoms with Gasteiger partial charge in [-0.2, -0.15) is 4.98 Å². The quantitative estimate of drug-likeness (QED) is 0.668. The maximum Gasteiger partial charge on any atom is 0.329 e. The van der Waals surface area contributed by atoms with Gasteiger partial charge in [-0.25, -0.2) is 4.79 Å². The number of aryl methyl sites for hydroxylation is 1. The molecule has 3 N–H and O–H groups in total. The monoisotopic (exact) mass is 269 g/mol. The van der Waals surface area contributed by atoms with Crippen LogP contribution in [0.25, 0.3) is 0 Å². The van der Waals surface area contributed by atoms with Crippen LogP contribution >= 0.6 is 0 Å². The fourth-order valence-electron chi connectivity index (χ4n) is 1.29. The summed E-state index contributed by atoms with van der Waals surface area (Å²) in [5.74, 6) is -1.39. The maximum atomic E-state index is 11.3. The minimum Gasteiger partial charge on any atom is -0.481 e. The van der Waals surface area contributed by atoms with Gasteiger partial charge in [0.2, 0.25) is 5.91 Å². The molecule has 19 heavy (non-hydrogen) atoms. The molecule has 0 aliphatic rings. The molecule has 3 amide bonds. The number of hydrogen-bond donors (Lipinski definition) is 3. The van der Waals surface area contributed by atoms with Crippen LogP contribution in [-0.4, -0.2) is 28.0 Å². The van der Waals surface area contributed by atoms with E-state index in [0.717, 1.165) is 0 Å². The van der Waals surface area contributed by atoms with Gasteiger partial charge in [0.05, 0.1) is 5.69 Å². The van der Waals surface area contributed by atoms with Crippen molar-refractivity contribution in [3.05, 3.63) is 12.0 Å². The van der Waals surface area contributed by atoms with Crippen LogP contribution < -0.4 is 10.6 Å². The summed E-state index contributed by atoms with van der Waals surface area (Å²) in [6.07, 6.45) is 2.26. The number of carbonyl (C=O) groups excluding carboxylic acids is 2. The molecular formula is C11H15N3O5. The third-order valence-electron chi connectivity index (χ3n) is 2.14. The number of hydrogen-bond acceptors (Lipinski definition) is 5. The molecule has 0 aliphatic heterocycles. The number of urea groups is 1. The van der Waals surface area contributed by atoms with Gasteiger partial charge in [-0.15, -0.1) is 0 Å². The second kappa shape index (κ2) is 7.14. The lowest BCUT2D eigenvalue weighted by atomic mass is 10.2. The van der Waals surface area contributed by atoms with Crippen molar-refractivity contribution in [2.75, 3.05) is 5.32 Å². The molecule has 8 heteroatoms. The predicted molar refractivity (Wildman–Crippen MR) is 64.5 cm³/mol. The van der Waals surface area contributed by atoms with E-state index in [2.05, 4.69) is 15.6 Å². The van der Waals surface area contributed by atoms with E-state index in [9.17, 15) is 14.4 Å². The Hall–Kier alpha value is -2.38. The number of amides is 3. The smallest absolute Gasteiger partial charge is 0.329 e. The van der Waals surface area contributed by atoms with Crippen molar-refractivity contribution in [2.24, 2.45) is 0 Å². The van der Waals surface area contributed by atoms with Gasteiger partial charge in [0.25, 0.3) is 0 Å². The zero-order valence-electron chi connectivity index (χ0n) is 10.4. The summed E-state index contributed by atoms with van der Waals surface area (Å²) >= 11 is 0. The summed E-state index contributed by atoms with van der Waals surface area (Å²) < 4.78 is 4.88. The van der Waals surface area contributed by atoms with Crippen molar-refractivity contribution in [3.8, 4) is 0 Å². The van der Waals surface area contributed by atoms with Crippen LogP contribution in [0.4, 0.5) is 10.8 Å². The van der Waals surface area contributed by atoms with E-state index in [-0.39, 0.29) is 18.9 Å². The standard InChI is InChI=1S/C11H15N3O5/c1-7-6-19-11(12-7)14-10(18)13-8(15)4-2-3-5-9(16)17/h6H,2-5H2,1H3,(H,16,17)(H2,12,13,14,15,18). The minimum atomic E-state index is -0.905. The molecule has 104 valence electrons. The van der Waals surface area contributed by atoms with E-state index in [1.165, 1.54) is 6.26 Å². The largest absolute Gasteiger partial charge is 0.481 e. The Kier molecular flexibility index (Phi) is 5.52. The first-order valence-corrected chi connectivity index (χ1v) is 5.72. The van der Waals surface area contributed by atoms with Gasteiger partial charge >= 0.3 is 18.0 Å². The molecule has 0 aromatic carbocycles. The molecule has 8 nitrogen and oxygen atoms in total. The first-order valence-electron chi connectivity index (χ1n) is 5.72. The zero-order valence-corrected chi connectivity index (χ0v) is 10.4. The predicted octanol–water partition coefficient (Wildman–Crippen LogP) is 1.28. The number of nitrogens with zero attached hydrogens (tertiary/aromatic N) is 1. The number of anilines is 1. The Labute approximate surface area is 109 Å². The van der Waals surface area contributed by atoms with Crippen molar-refractivity contribution in [1.29, 1.82) is 0 Å². The number of unbranched alkanes of at least 4 members (excludes halogenated alkanes) is 1. The number of nitrogens with one attached hydrogen (secondary N) is 2. The lowest BCUT2D eigenvalue weighted by Crippen LogP contribution is -2.34. The zero-order chi connectivity index (χ0) is 14.3. The fourth-order valence-corrected chi connectivity index (χ4v) is 1.29. The highest BCUT2D eigenvalue weighted by molar-refractivity contribution is 6.00. The lowest BCUT2D eigenvalue weighted by Gasteiger charge is -2.03. The molecule has 0 aliphatic carbocycles. The minimum absolute atomic E-state index is 0.00803. The Morgan fingerprint density at radius 1 is 1.32 bits per heavy atom. The number of aromatic nitrogens is 1. The van der Waals surface area contributed by atoms with Crippen LogP contribution in [0.5, 0.6) is 0 Å². The Morgan fingerprint density at radius 2 is 2.00 bits per heavy atom. The number of rotatable bonds is 6. The van der Waals surface area contributed by atoms with Crippen molar-refractivity contribution >= 4 is 23.9 Å². The SMILES string of the molecule is Cc1coc(NC(=O)NC(=O)CCCCC(=O)O)n1. The summed E-state index contributed by atoms with van der Waals surface area (Å²) in [4.78, 5) is 36.7. The van der Waals surface area contributed by atoms with Gasteiger partial charge in [-0.05, 0) is 19.8 Å². The van der Waals surface area contributed by atoms with Gasteiger partial charge in [0.15, 0.2) is 0 Å². The fraction of sp³-hybridized carbons (Fsp3) is 0.455. The highest BCUT2D eigenvalue weighted by atomic mass is 16.4. The van der Waals surface area contributed by atoms with E-state index >= 15 is 0 Å². The molecule has 0 saturated heterocycles. The Bertz CT molecular complexity index is 469. The second-order valence-electron chi connectivity index (χ2n) is 3.90. The van der Waals surface area contributed by atoms with E-state index in [0.29, 0.717) is 18.5 Å². The number of aliphatic carboxylic acids is 1. The summed E-state index contributed by atoms with van der Waals surface area (Å²) in [7, 11) is 0. The topological polar surface area (TPSA) is 122 Å². The third-order valence-corrected chi connectivity index (χ3v) is 2.14. The molecule has 1 aromatic rings. The molecule has 0 saturated carbocycles. The van der Waals surface area contributed by atoms with Gasteiger partial charge in [-0.3, -0.25) is 20.2 Å². The highest BCUT2D eigenvalue weighted by Gasteiger charge is 2.10. The number of imide groups is 1. The maximum absolute atomic E-state index is 11.3. The van der Waals surface area contributed by atoms with E-state index in [1.54, 1.807) is 6.92 Å². The van der Waals surface area contributed by atoms with E-state index in [1.807, 2.05) is 0 Å². The molecule has 1 aromatic heterocycles. The van der Waals surface area contributed by atoms with Crippen LogP contribution in [0.3, 0.4) is 0 Å². The lowest BCUT2D eigenvalue weighted by molar-refractivity contribution is -0.137. The molecule has 1 rings (SSSR count).